The minimum Gasteiger partial charge on any atom is -0.336 e. The molecule has 0 bridgehead atoms. The Hall–Kier alpha value is -1.66. The lowest BCUT2D eigenvalue weighted by molar-refractivity contribution is -0.127. The summed E-state index contributed by atoms with van der Waals surface area (Å²) in [6, 6.07) is -0.353. The fourth-order valence-corrected chi connectivity index (χ4v) is 3.10. The zero-order valence-corrected chi connectivity index (χ0v) is 13.1. The molecular formula is C15H23F2N3O2. The van der Waals surface area contributed by atoms with Crippen LogP contribution in [0.3, 0.4) is 0 Å². The summed E-state index contributed by atoms with van der Waals surface area (Å²) in [6.45, 7) is 8.08. The number of alkyl halides is 2. The molecule has 7 heteroatoms. The van der Waals surface area contributed by atoms with E-state index in [9.17, 15) is 18.4 Å². The predicted octanol–water partition coefficient (Wildman–Crippen LogP) is 1.66. The summed E-state index contributed by atoms with van der Waals surface area (Å²) >= 11 is 0. The van der Waals surface area contributed by atoms with Gasteiger partial charge in [0.05, 0.1) is 6.54 Å². The molecule has 0 aliphatic carbocycles. The maximum Gasteiger partial charge on any atom is 0.320 e. The molecule has 0 aromatic carbocycles. The average molecular weight is 315 g/mol. The van der Waals surface area contributed by atoms with Crippen molar-refractivity contribution in [2.75, 3.05) is 39.3 Å². The topological polar surface area (TPSA) is 43.9 Å². The van der Waals surface area contributed by atoms with Gasteiger partial charge in [-0.05, 0) is 12.0 Å². The van der Waals surface area contributed by atoms with E-state index in [-0.39, 0.29) is 24.4 Å². The third kappa shape index (κ3) is 3.23. The maximum atomic E-state index is 14.0. The van der Waals surface area contributed by atoms with Gasteiger partial charge in [-0.3, -0.25) is 4.79 Å². The number of halogens is 2. The van der Waals surface area contributed by atoms with E-state index >= 15 is 0 Å². The molecule has 124 valence electrons. The van der Waals surface area contributed by atoms with Gasteiger partial charge >= 0.3 is 6.03 Å². The third-order valence-electron chi connectivity index (χ3n) is 4.47. The normalized spacial score (nSPS) is 24.8. The molecule has 0 radical (unpaired) electrons. The minimum atomic E-state index is -2.83. The molecule has 2 fully saturated rings. The fraction of sp³-hybridized carbons (Fsp3) is 0.733. The van der Waals surface area contributed by atoms with Crippen LogP contribution < -0.4 is 0 Å². The molecule has 2 saturated heterocycles. The van der Waals surface area contributed by atoms with Gasteiger partial charge in [-0.25, -0.2) is 13.6 Å². The van der Waals surface area contributed by atoms with Crippen LogP contribution in [0, 0.1) is 11.8 Å². The van der Waals surface area contributed by atoms with Crippen molar-refractivity contribution >= 4 is 11.9 Å². The largest absolute Gasteiger partial charge is 0.336 e. The first-order chi connectivity index (χ1) is 10.3. The Bertz CT molecular complexity index is 460. The molecule has 22 heavy (non-hydrogen) atoms. The van der Waals surface area contributed by atoms with Crippen molar-refractivity contribution in [2.24, 2.45) is 11.8 Å². The van der Waals surface area contributed by atoms with E-state index in [1.165, 1.54) is 11.0 Å². The molecule has 1 unspecified atom stereocenters. The number of hydrogen-bond acceptors (Lipinski definition) is 2. The van der Waals surface area contributed by atoms with Gasteiger partial charge in [-0.15, -0.1) is 0 Å². The second-order valence-electron chi connectivity index (χ2n) is 6.29. The Morgan fingerprint density at radius 1 is 1.14 bits per heavy atom. The van der Waals surface area contributed by atoms with E-state index < -0.39 is 18.4 Å². The second kappa shape index (κ2) is 6.22. The van der Waals surface area contributed by atoms with E-state index in [2.05, 4.69) is 6.58 Å². The fourth-order valence-electron chi connectivity index (χ4n) is 3.10. The Balaban J connectivity index is 1.94. The van der Waals surface area contributed by atoms with Crippen molar-refractivity contribution in [3.05, 3.63) is 12.7 Å². The standard InChI is InChI=1S/C15H23F2N3O2/c1-4-13(21)18-5-7-19(8-6-18)14(22)20-9-12(11(2)3)15(16,17)10-20/h4,11-12H,1,5-10H2,2-3H3. The van der Waals surface area contributed by atoms with Crippen LogP contribution in [-0.4, -0.2) is 71.8 Å². The van der Waals surface area contributed by atoms with Crippen LogP contribution in [0.15, 0.2) is 12.7 Å². The molecule has 2 heterocycles. The Labute approximate surface area is 129 Å². The maximum absolute atomic E-state index is 14.0. The number of carbonyl (C=O) groups is 2. The molecule has 0 aromatic rings. The van der Waals surface area contributed by atoms with E-state index in [4.69, 9.17) is 0 Å². The van der Waals surface area contributed by atoms with Crippen molar-refractivity contribution in [1.82, 2.24) is 14.7 Å². The van der Waals surface area contributed by atoms with Gasteiger partial charge in [-0.1, -0.05) is 20.4 Å². The highest BCUT2D eigenvalue weighted by molar-refractivity contribution is 5.87. The average Bonchev–Trinajstić information content (AvgIpc) is 2.81. The highest BCUT2D eigenvalue weighted by Gasteiger charge is 2.51. The van der Waals surface area contributed by atoms with E-state index in [1.807, 2.05) is 0 Å². The number of likely N-dealkylation sites (tertiary alicyclic amines) is 1. The van der Waals surface area contributed by atoms with E-state index in [0.29, 0.717) is 26.2 Å². The van der Waals surface area contributed by atoms with Crippen molar-refractivity contribution in [1.29, 1.82) is 0 Å². The van der Waals surface area contributed by atoms with Crippen LogP contribution in [-0.2, 0) is 4.79 Å². The smallest absolute Gasteiger partial charge is 0.320 e. The molecule has 2 aliphatic heterocycles. The first-order valence-electron chi connectivity index (χ1n) is 7.59. The van der Waals surface area contributed by atoms with Crippen LogP contribution in [0.25, 0.3) is 0 Å². The van der Waals surface area contributed by atoms with Gasteiger partial charge in [0.2, 0.25) is 5.91 Å². The predicted molar refractivity (Wildman–Crippen MR) is 78.6 cm³/mol. The number of piperazine rings is 1. The van der Waals surface area contributed by atoms with Crippen LogP contribution in [0.5, 0.6) is 0 Å². The van der Waals surface area contributed by atoms with Gasteiger partial charge in [0, 0.05) is 38.6 Å². The van der Waals surface area contributed by atoms with E-state index in [0.717, 1.165) is 0 Å². The lowest BCUT2D eigenvalue weighted by Crippen LogP contribution is -2.53. The van der Waals surface area contributed by atoms with E-state index in [1.54, 1.807) is 23.6 Å². The molecule has 0 aromatic heterocycles. The molecule has 0 N–H and O–H groups in total. The summed E-state index contributed by atoms with van der Waals surface area (Å²) in [4.78, 5) is 28.3. The molecule has 2 rings (SSSR count). The SMILES string of the molecule is C=CC(=O)N1CCN(C(=O)N2CC(C(C)C)C(F)(F)C2)CC1. The van der Waals surface area contributed by atoms with Crippen molar-refractivity contribution in [3.63, 3.8) is 0 Å². The number of carbonyl (C=O) groups excluding carboxylic acids is 2. The Morgan fingerprint density at radius 2 is 1.68 bits per heavy atom. The highest BCUT2D eigenvalue weighted by atomic mass is 19.3. The molecular weight excluding hydrogens is 292 g/mol. The lowest BCUT2D eigenvalue weighted by Gasteiger charge is -2.36. The van der Waals surface area contributed by atoms with Crippen molar-refractivity contribution in [3.8, 4) is 0 Å². The molecule has 0 saturated carbocycles. The Morgan fingerprint density at radius 3 is 2.14 bits per heavy atom. The number of nitrogens with zero attached hydrogens (tertiary/aromatic N) is 3. The van der Waals surface area contributed by atoms with Gasteiger partial charge in [0.15, 0.2) is 0 Å². The second-order valence-corrected chi connectivity index (χ2v) is 6.29. The lowest BCUT2D eigenvalue weighted by atomic mass is 9.92. The molecule has 5 nitrogen and oxygen atoms in total. The summed E-state index contributed by atoms with van der Waals surface area (Å²) in [5.41, 5.74) is 0. The van der Waals surface area contributed by atoms with Gasteiger partial charge in [0.1, 0.15) is 0 Å². The van der Waals surface area contributed by atoms with Gasteiger partial charge < -0.3 is 14.7 Å². The number of urea groups is 1. The highest BCUT2D eigenvalue weighted by Crippen LogP contribution is 2.38. The summed E-state index contributed by atoms with van der Waals surface area (Å²) in [5, 5.41) is 0. The van der Waals surface area contributed by atoms with Crippen LogP contribution >= 0.6 is 0 Å². The number of rotatable bonds is 2. The summed E-state index contributed by atoms with van der Waals surface area (Å²) < 4.78 is 27.9. The van der Waals surface area contributed by atoms with Gasteiger partial charge in [0.25, 0.3) is 5.92 Å². The van der Waals surface area contributed by atoms with Crippen molar-refractivity contribution in [2.45, 2.75) is 19.8 Å². The summed E-state index contributed by atoms with van der Waals surface area (Å²) in [7, 11) is 0. The monoisotopic (exact) mass is 315 g/mol. The molecule has 2 aliphatic rings. The van der Waals surface area contributed by atoms with Crippen LogP contribution in [0.2, 0.25) is 0 Å². The zero-order valence-electron chi connectivity index (χ0n) is 13.1. The summed E-state index contributed by atoms with van der Waals surface area (Å²) in [6.07, 6.45) is 1.24. The number of hydrogen-bond donors (Lipinski definition) is 0. The molecule has 1 atom stereocenters. The quantitative estimate of drug-likeness (QED) is 0.728. The third-order valence-corrected chi connectivity index (χ3v) is 4.47. The van der Waals surface area contributed by atoms with Gasteiger partial charge in [-0.2, -0.15) is 0 Å². The minimum absolute atomic E-state index is 0.0926. The zero-order chi connectivity index (χ0) is 16.5. The Kier molecular flexibility index (Phi) is 4.72. The number of amides is 3. The van der Waals surface area contributed by atoms with Crippen LogP contribution in [0.4, 0.5) is 13.6 Å². The molecule has 3 amide bonds. The van der Waals surface area contributed by atoms with Crippen LogP contribution in [0.1, 0.15) is 13.8 Å². The summed E-state index contributed by atoms with van der Waals surface area (Å²) in [5.74, 6) is -3.96. The molecule has 0 spiro atoms. The van der Waals surface area contributed by atoms with Crippen molar-refractivity contribution < 1.29 is 18.4 Å². The first kappa shape index (κ1) is 16.7. The first-order valence-corrected chi connectivity index (χ1v) is 7.59.